The Labute approximate surface area is 165 Å². The van der Waals surface area contributed by atoms with Gasteiger partial charge in [-0.05, 0) is 31.5 Å². The smallest absolute Gasteiger partial charge is 0.251 e. The highest BCUT2D eigenvalue weighted by atomic mass is 16.3. The molecule has 3 rings (SSSR count). The van der Waals surface area contributed by atoms with E-state index in [0.717, 1.165) is 28.7 Å². The van der Waals surface area contributed by atoms with Gasteiger partial charge in [-0.3, -0.25) is 9.79 Å². The number of carbonyl (C=O) groups is 1. The summed E-state index contributed by atoms with van der Waals surface area (Å²) >= 11 is 0. The standard InChI is InChI=1S/C22H26N4O2/c1-16-18-11-6-7-12-19(18)28-20(16)15-26-22(23-2)25-14-8-13-24-21(27)17-9-4-3-5-10-17/h3-7,9-12H,8,13-15H2,1-2H3,(H,24,27)(H2,23,25,26). The average Bonchev–Trinajstić information content (AvgIpc) is 3.06. The van der Waals surface area contributed by atoms with Gasteiger partial charge in [-0.25, -0.2) is 0 Å². The molecule has 0 unspecified atom stereocenters. The quantitative estimate of drug-likeness (QED) is 0.335. The Bertz CT molecular complexity index is 948. The number of hydrogen-bond donors (Lipinski definition) is 3. The predicted molar refractivity (Wildman–Crippen MR) is 113 cm³/mol. The van der Waals surface area contributed by atoms with E-state index in [1.165, 1.54) is 0 Å². The van der Waals surface area contributed by atoms with E-state index >= 15 is 0 Å². The van der Waals surface area contributed by atoms with Gasteiger partial charge in [0.2, 0.25) is 0 Å². The van der Waals surface area contributed by atoms with Gasteiger partial charge in [-0.1, -0.05) is 36.4 Å². The fourth-order valence-electron chi connectivity index (χ4n) is 2.97. The van der Waals surface area contributed by atoms with Gasteiger partial charge >= 0.3 is 0 Å². The molecule has 28 heavy (non-hydrogen) atoms. The van der Waals surface area contributed by atoms with E-state index in [9.17, 15) is 4.79 Å². The molecule has 146 valence electrons. The van der Waals surface area contributed by atoms with Crippen molar-refractivity contribution >= 4 is 22.8 Å². The minimum Gasteiger partial charge on any atom is -0.459 e. The third-order valence-electron chi connectivity index (χ3n) is 4.55. The first-order chi connectivity index (χ1) is 13.7. The van der Waals surface area contributed by atoms with Crippen LogP contribution in [0.1, 0.15) is 28.1 Å². The van der Waals surface area contributed by atoms with Crippen molar-refractivity contribution in [2.24, 2.45) is 4.99 Å². The highest BCUT2D eigenvalue weighted by Gasteiger charge is 2.10. The van der Waals surface area contributed by atoms with Crippen LogP contribution in [0.5, 0.6) is 0 Å². The largest absolute Gasteiger partial charge is 0.459 e. The lowest BCUT2D eigenvalue weighted by molar-refractivity contribution is 0.0953. The second-order valence-electron chi connectivity index (χ2n) is 6.47. The van der Waals surface area contributed by atoms with Gasteiger partial charge in [0.25, 0.3) is 5.91 Å². The molecule has 0 aliphatic heterocycles. The van der Waals surface area contributed by atoms with Crippen LogP contribution in [0.3, 0.4) is 0 Å². The first-order valence-electron chi connectivity index (χ1n) is 9.44. The fourth-order valence-corrected chi connectivity index (χ4v) is 2.97. The molecule has 0 bridgehead atoms. The number of amides is 1. The number of rotatable bonds is 7. The topological polar surface area (TPSA) is 78.7 Å². The number of carbonyl (C=O) groups excluding carboxylic acids is 1. The van der Waals surface area contributed by atoms with Crippen molar-refractivity contribution in [3.05, 3.63) is 71.5 Å². The summed E-state index contributed by atoms with van der Waals surface area (Å²) in [5.41, 5.74) is 2.71. The molecule has 0 atom stereocenters. The Morgan fingerprint density at radius 1 is 0.964 bits per heavy atom. The van der Waals surface area contributed by atoms with E-state index in [0.29, 0.717) is 31.2 Å². The number of furan rings is 1. The normalized spacial score (nSPS) is 11.4. The number of benzene rings is 2. The van der Waals surface area contributed by atoms with Crippen molar-refractivity contribution in [2.45, 2.75) is 19.9 Å². The predicted octanol–water partition coefficient (Wildman–Crippen LogP) is 3.23. The molecule has 6 heteroatoms. The summed E-state index contributed by atoms with van der Waals surface area (Å²) in [5, 5.41) is 10.6. The maximum atomic E-state index is 12.0. The highest BCUT2D eigenvalue weighted by molar-refractivity contribution is 5.94. The van der Waals surface area contributed by atoms with Crippen molar-refractivity contribution < 1.29 is 9.21 Å². The Kier molecular flexibility index (Phi) is 6.68. The number of aliphatic imine (C=N–C) groups is 1. The monoisotopic (exact) mass is 378 g/mol. The minimum absolute atomic E-state index is 0.0523. The molecular weight excluding hydrogens is 352 g/mol. The number of nitrogens with one attached hydrogen (secondary N) is 3. The van der Waals surface area contributed by atoms with Crippen LogP contribution in [0.4, 0.5) is 0 Å². The van der Waals surface area contributed by atoms with Gasteiger partial charge in [0.15, 0.2) is 5.96 Å². The van der Waals surface area contributed by atoms with E-state index < -0.39 is 0 Å². The first-order valence-corrected chi connectivity index (χ1v) is 9.44. The lowest BCUT2D eigenvalue weighted by Crippen LogP contribution is -2.38. The Morgan fingerprint density at radius 3 is 2.43 bits per heavy atom. The van der Waals surface area contributed by atoms with Crippen molar-refractivity contribution in [1.82, 2.24) is 16.0 Å². The summed E-state index contributed by atoms with van der Waals surface area (Å²) in [6.45, 7) is 3.92. The Hall–Kier alpha value is -3.28. The minimum atomic E-state index is -0.0523. The van der Waals surface area contributed by atoms with Crippen LogP contribution < -0.4 is 16.0 Å². The van der Waals surface area contributed by atoms with Gasteiger partial charge in [-0.2, -0.15) is 0 Å². The van der Waals surface area contributed by atoms with E-state index in [1.807, 2.05) is 36.4 Å². The molecule has 1 heterocycles. The summed E-state index contributed by atoms with van der Waals surface area (Å²) in [6, 6.07) is 17.2. The number of aryl methyl sites for hydroxylation is 1. The van der Waals surface area contributed by atoms with Crippen LogP contribution in [0, 0.1) is 6.92 Å². The number of hydrogen-bond acceptors (Lipinski definition) is 3. The van der Waals surface area contributed by atoms with Crippen molar-refractivity contribution in [3.63, 3.8) is 0 Å². The number of para-hydroxylation sites is 1. The molecule has 3 aromatic rings. The summed E-state index contributed by atoms with van der Waals surface area (Å²) in [4.78, 5) is 16.2. The lowest BCUT2D eigenvalue weighted by atomic mass is 10.1. The Morgan fingerprint density at radius 2 is 1.68 bits per heavy atom. The number of nitrogens with zero attached hydrogens (tertiary/aromatic N) is 1. The second-order valence-corrected chi connectivity index (χ2v) is 6.47. The third kappa shape index (κ3) is 4.91. The van der Waals surface area contributed by atoms with Gasteiger partial charge in [0.05, 0.1) is 6.54 Å². The molecule has 0 fully saturated rings. The summed E-state index contributed by atoms with van der Waals surface area (Å²) in [5.74, 6) is 1.55. The van der Waals surface area contributed by atoms with Crippen LogP contribution in [-0.2, 0) is 6.54 Å². The van der Waals surface area contributed by atoms with Gasteiger partial charge in [-0.15, -0.1) is 0 Å². The summed E-state index contributed by atoms with van der Waals surface area (Å²) in [6.07, 6.45) is 0.795. The number of guanidine groups is 1. The molecular formula is C22H26N4O2. The van der Waals surface area contributed by atoms with Crippen molar-refractivity contribution in [3.8, 4) is 0 Å². The third-order valence-corrected chi connectivity index (χ3v) is 4.55. The molecule has 0 spiro atoms. The van der Waals surface area contributed by atoms with Crippen LogP contribution in [0.15, 0.2) is 64.0 Å². The van der Waals surface area contributed by atoms with E-state index in [2.05, 4.69) is 33.9 Å². The van der Waals surface area contributed by atoms with Gasteiger partial charge in [0, 0.05) is 36.7 Å². The average molecular weight is 378 g/mol. The van der Waals surface area contributed by atoms with Crippen molar-refractivity contribution in [2.75, 3.05) is 20.1 Å². The molecule has 6 nitrogen and oxygen atoms in total. The SMILES string of the molecule is CN=C(NCCCNC(=O)c1ccccc1)NCc1oc2ccccc2c1C. The summed E-state index contributed by atoms with van der Waals surface area (Å²) < 4.78 is 5.91. The lowest BCUT2D eigenvalue weighted by Gasteiger charge is -2.11. The van der Waals surface area contributed by atoms with Crippen molar-refractivity contribution in [1.29, 1.82) is 0 Å². The van der Waals surface area contributed by atoms with Gasteiger partial charge < -0.3 is 20.4 Å². The molecule has 1 aromatic heterocycles. The van der Waals surface area contributed by atoms with Crippen LogP contribution >= 0.6 is 0 Å². The molecule has 0 saturated heterocycles. The zero-order valence-electron chi connectivity index (χ0n) is 16.3. The fraction of sp³-hybridized carbons (Fsp3) is 0.273. The van der Waals surface area contributed by atoms with E-state index in [4.69, 9.17) is 4.42 Å². The zero-order chi connectivity index (χ0) is 19.8. The molecule has 3 N–H and O–H groups in total. The molecule has 2 aromatic carbocycles. The number of fused-ring (bicyclic) bond motifs is 1. The molecule has 1 amide bonds. The molecule has 0 radical (unpaired) electrons. The molecule has 0 aliphatic rings. The molecule has 0 aliphatic carbocycles. The maximum Gasteiger partial charge on any atom is 0.251 e. The summed E-state index contributed by atoms with van der Waals surface area (Å²) in [7, 11) is 1.73. The van der Waals surface area contributed by atoms with Crippen LogP contribution in [0.2, 0.25) is 0 Å². The first kappa shape index (κ1) is 19.5. The Balaban J connectivity index is 1.40. The van der Waals surface area contributed by atoms with E-state index in [-0.39, 0.29) is 5.91 Å². The van der Waals surface area contributed by atoms with E-state index in [1.54, 1.807) is 19.2 Å². The van der Waals surface area contributed by atoms with Crippen LogP contribution in [0.25, 0.3) is 11.0 Å². The zero-order valence-corrected chi connectivity index (χ0v) is 16.3. The van der Waals surface area contributed by atoms with Gasteiger partial charge in [0.1, 0.15) is 11.3 Å². The van der Waals surface area contributed by atoms with Crippen LogP contribution in [-0.4, -0.2) is 32.0 Å². The highest BCUT2D eigenvalue weighted by Crippen LogP contribution is 2.24. The maximum absolute atomic E-state index is 12.0. The molecule has 0 saturated carbocycles. The second kappa shape index (κ2) is 9.60.